The van der Waals surface area contributed by atoms with Crippen molar-refractivity contribution in [2.75, 3.05) is 31.1 Å². The molecule has 38 heavy (non-hydrogen) atoms. The number of nitrogens with zero attached hydrogens (tertiary/aromatic N) is 3. The Morgan fingerprint density at radius 3 is 2.24 bits per heavy atom. The van der Waals surface area contributed by atoms with Crippen LogP contribution < -0.4 is 10.2 Å². The maximum absolute atomic E-state index is 13.8. The van der Waals surface area contributed by atoms with E-state index in [0.29, 0.717) is 24.9 Å². The molecular formula is C30H44N4O4. The molecule has 0 aromatic heterocycles. The first-order valence-electron chi connectivity index (χ1n) is 14.5. The van der Waals surface area contributed by atoms with Gasteiger partial charge < -0.3 is 20.0 Å². The van der Waals surface area contributed by atoms with Gasteiger partial charge >= 0.3 is 0 Å². The summed E-state index contributed by atoms with van der Waals surface area (Å²) in [6, 6.07) is 5.88. The number of ketones is 1. The van der Waals surface area contributed by atoms with Gasteiger partial charge in [0.15, 0.2) is 5.78 Å². The van der Waals surface area contributed by atoms with Gasteiger partial charge in [0.2, 0.25) is 11.8 Å². The predicted octanol–water partition coefficient (Wildman–Crippen LogP) is 3.64. The highest BCUT2D eigenvalue weighted by Crippen LogP contribution is 2.34. The van der Waals surface area contributed by atoms with E-state index >= 15 is 0 Å². The molecule has 0 bridgehead atoms. The number of nitrogens with one attached hydrogen (secondary N) is 1. The summed E-state index contributed by atoms with van der Waals surface area (Å²) in [4.78, 5) is 58.9. The molecule has 2 aliphatic heterocycles. The number of carbonyl (C=O) groups excluding carboxylic acids is 4. The van der Waals surface area contributed by atoms with Gasteiger partial charge in [-0.3, -0.25) is 19.2 Å². The Morgan fingerprint density at radius 1 is 0.974 bits per heavy atom. The molecule has 1 saturated carbocycles. The fraction of sp³-hybridized carbons (Fsp3) is 0.667. The van der Waals surface area contributed by atoms with Crippen molar-refractivity contribution in [2.24, 2.45) is 11.8 Å². The number of hydrogen-bond donors (Lipinski definition) is 1. The van der Waals surface area contributed by atoms with Crippen LogP contribution in [0.25, 0.3) is 0 Å². The number of anilines is 1. The smallest absolute Gasteiger partial charge is 0.251 e. The van der Waals surface area contributed by atoms with E-state index in [2.05, 4.69) is 24.1 Å². The van der Waals surface area contributed by atoms with Crippen molar-refractivity contribution in [3.05, 3.63) is 29.8 Å². The highest BCUT2D eigenvalue weighted by atomic mass is 16.2. The number of likely N-dealkylation sites (tertiary alicyclic amines) is 2. The molecule has 3 unspecified atom stereocenters. The molecule has 2 saturated heterocycles. The molecule has 3 aliphatic rings. The van der Waals surface area contributed by atoms with Crippen molar-refractivity contribution in [1.82, 2.24) is 15.1 Å². The van der Waals surface area contributed by atoms with E-state index in [1.165, 1.54) is 6.42 Å². The van der Waals surface area contributed by atoms with E-state index in [4.69, 9.17) is 0 Å². The van der Waals surface area contributed by atoms with E-state index in [0.717, 1.165) is 44.5 Å². The first-order chi connectivity index (χ1) is 18.2. The van der Waals surface area contributed by atoms with Crippen LogP contribution in [0.1, 0.15) is 83.0 Å². The number of amides is 3. The van der Waals surface area contributed by atoms with Gasteiger partial charge in [-0.1, -0.05) is 33.1 Å². The first-order valence-corrected chi connectivity index (χ1v) is 14.5. The summed E-state index contributed by atoms with van der Waals surface area (Å²) in [6.07, 6.45) is 6.16. The Morgan fingerprint density at radius 2 is 1.63 bits per heavy atom. The Bertz CT molecular complexity index is 1010. The Labute approximate surface area is 227 Å². The van der Waals surface area contributed by atoms with E-state index in [1.54, 1.807) is 21.9 Å². The van der Waals surface area contributed by atoms with Crippen LogP contribution in [0.5, 0.6) is 0 Å². The standard InChI is InChI=1S/C30H44N4O4/c1-5-32(6-2)23-14-12-21(13-15-23)28(36)31-24(18-20(3)4)30(38)33-17-16-25-27(33)26(35)19-34(25)29(37)22-10-8-7-9-11-22/h12-15,20,22,24-25,27H,5-11,16-19H2,1-4H3,(H,31,36). The van der Waals surface area contributed by atoms with Crippen LogP contribution in [0.4, 0.5) is 5.69 Å². The molecule has 0 spiro atoms. The molecule has 8 nitrogen and oxygen atoms in total. The van der Waals surface area contributed by atoms with Gasteiger partial charge in [0.05, 0.1) is 12.6 Å². The highest BCUT2D eigenvalue weighted by Gasteiger charge is 2.52. The highest BCUT2D eigenvalue weighted by molar-refractivity contribution is 6.01. The number of hydrogen-bond acceptors (Lipinski definition) is 5. The summed E-state index contributed by atoms with van der Waals surface area (Å²) in [6.45, 7) is 10.5. The van der Waals surface area contributed by atoms with Gasteiger partial charge in [-0.2, -0.15) is 0 Å². The molecular weight excluding hydrogens is 480 g/mol. The van der Waals surface area contributed by atoms with Gasteiger partial charge in [0, 0.05) is 36.8 Å². The van der Waals surface area contributed by atoms with Gasteiger partial charge in [-0.05, 0) is 69.7 Å². The topological polar surface area (TPSA) is 90.0 Å². The van der Waals surface area contributed by atoms with E-state index in [1.807, 2.05) is 26.0 Å². The van der Waals surface area contributed by atoms with Crippen LogP contribution in [0.2, 0.25) is 0 Å². The predicted molar refractivity (Wildman–Crippen MR) is 148 cm³/mol. The number of Topliss-reactive ketones (excluding diaryl/α,β-unsaturated/α-hetero) is 1. The lowest BCUT2D eigenvalue weighted by Crippen LogP contribution is -2.53. The average Bonchev–Trinajstić information content (AvgIpc) is 3.50. The zero-order valence-electron chi connectivity index (χ0n) is 23.4. The minimum absolute atomic E-state index is 0.00106. The van der Waals surface area contributed by atoms with Crippen LogP contribution in [-0.2, 0) is 14.4 Å². The second kappa shape index (κ2) is 12.3. The fourth-order valence-corrected chi connectivity index (χ4v) is 6.49. The van der Waals surface area contributed by atoms with Crippen molar-refractivity contribution >= 4 is 29.2 Å². The van der Waals surface area contributed by atoms with E-state index < -0.39 is 12.1 Å². The molecule has 1 aromatic carbocycles. The van der Waals surface area contributed by atoms with Gasteiger partial charge in [-0.25, -0.2) is 0 Å². The quantitative estimate of drug-likeness (QED) is 0.533. The molecule has 1 aliphatic carbocycles. The van der Waals surface area contributed by atoms with Gasteiger partial charge in [0.25, 0.3) is 5.91 Å². The van der Waals surface area contributed by atoms with Gasteiger partial charge in [-0.15, -0.1) is 0 Å². The Hall–Kier alpha value is -2.90. The second-order valence-corrected chi connectivity index (χ2v) is 11.5. The molecule has 0 radical (unpaired) electrons. The Balaban J connectivity index is 1.45. The SMILES string of the molecule is CCN(CC)c1ccc(C(=O)NC(CC(C)C)C(=O)N2CCC3C2C(=O)CN3C(=O)C2CCCCC2)cc1. The molecule has 3 amide bonds. The van der Waals surface area contributed by atoms with Crippen LogP contribution in [-0.4, -0.2) is 77.6 Å². The maximum atomic E-state index is 13.8. The maximum Gasteiger partial charge on any atom is 0.251 e. The van der Waals surface area contributed by atoms with Crippen LogP contribution in [0.3, 0.4) is 0 Å². The van der Waals surface area contributed by atoms with Crippen molar-refractivity contribution in [1.29, 1.82) is 0 Å². The van der Waals surface area contributed by atoms with Crippen LogP contribution >= 0.6 is 0 Å². The van der Waals surface area contributed by atoms with Crippen LogP contribution in [0.15, 0.2) is 24.3 Å². The molecule has 208 valence electrons. The Kier molecular flexibility index (Phi) is 9.11. The van der Waals surface area contributed by atoms with Crippen molar-refractivity contribution in [3.63, 3.8) is 0 Å². The van der Waals surface area contributed by atoms with Crippen molar-refractivity contribution in [2.45, 2.75) is 90.8 Å². The first kappa shape index (κ1) is 28.1. The van der Waals surface area contributed by atoms with E-state index in [9.17, 15) is 19.2 Å². The second-order valence-electron chi connectivity index (χ2n) is 11.5. The molecule has 3 fully saturated rings. The monoisotopic (exact) mass is 524 g/mol. The molecule has 1 N–H and O–H groups in total. The lowest BCUT2D eigenvalue weighted by atomic mass is 9.88. The van der Waals surface area contributed by atoms with E-state index in [-0.39, 0.29) is 47.9 Å². The minimum Gasteiger partial charge on any atom is -0.372 e. The minimum atomic E-state index is -0.723. The average molecular weight is 525 g/mol. The number of fused-ring (bicyclic) bond motifs is 1. The molecule has 1 aromatic rings. The van der Waals surface area contributed by atoms with Gasteiger partial charge in [0.1, 0.15) is 12.1 Å². The summed E-state index contributed by atoms with van der Waals surface area (Å²) in [7, 11) is 0. The van der Waals surface area contributed by atoms with Crippen molar-refractivity contribution < 1.29 is 19.2 Å². The number of carbonyl (C=O) groups is 4. The number of benzene rings is 1. The fourth-order valence-electron chi connectivity index (χ4n) is 6.49. The molecule has 2 heterocycles. The summed E-state index contributed by atoms with van der Waals surface area (Å²) >= 11 is 0. The summed E-state index contributed by atoms with van der Waals surface area (Å²) in [5.41, 5.74) is 1.56. The third-order valence-electron chi connectivity index (χ3n) is 8.51. The summed E-state index contributed by atoms with van der Waals surface area (Å²) < 4.78 is 0. The van der Waals surface area contributed by atoms with Crippen LogP contribution in [0, 0.1) is 11.8 Å². The third kappa shape index (κ3) is 5.89. The lowest BCUT2D eigenvalue weighted by Gasteiger charge is -2.30. The summed E-state index contributed by atoms with van der Waals surface area (Å²) in [5, 5.41) is 2.96. The molecule has 4 rings (SSSR count). The zero-order chi connectivity index (χ0) is 27.4. The largest absolute Gasteiger partial charge is 0.372 e. The normalized spacial score (nSPS) is 22.5. The summed E-state index contributed by atoms with van der Waals surface area (Å²) in [5.74, 6) is -0.318. The lowest BCUT2D eigenvalue weighted by molar-refractivity contribution is -0.138. The third-order valence-corrected chi connectivity index (χ3v) is 8.51. The molecule has 3 atom stereocenters. The zero-order valence-corrected chi connectivity index (χ0v) is 23.4. The molecule has 8 heteroatoms. The number of rotatable bonds is 9. The van der Waals surface area contributed by atoms with Crippen molar-refractivity contribution in [3.8, 4) is 0 Å².